The van der Waals surface area contributed by atoms with Crippen LogP contribution in [0.2, 0.25) is 0 Å². The van der Waals surface area contributed by atoms with E-state index < -0.39 is 5.97 Å². The smallest absolute Gasteiger partial charge is 0.356 e. The summed E-state index contributed by atoms with van der Waals surface area (Å²) in [5.41, 5.74) is 1.41. The standard InChI is InChI=1S/C18H24N2O3/c1-2-3-4-5-6-9-12-23-18(22)16-13-15(19-20-16)14-10-7-8-11-17(14)21/h7-8,10-11,13,21H,2-6,9,12H2,1H3,(H,19,20). The fourth-order valence-corrected chi connectivity index (χ4v) is 2.38. The van der Waals surface area contributed by atoms with Gasteiger partial charge in [-0.1, -0.05) is 51.2 Å². The zero-order valence-electron chi connectivity index (χ0n) is 13.5. The summed E-state index contributed by atoms with van der Waals surface area (Å²) in [5.74, 6) is -0.279. The molecule has 124 valence electrons. The zero-order valence-corrected chi connectivity index (χ0v) is 13.5. The summed E-state index contributed by atoms with van der Waals surface area (Å²) < 4.78 is 5.24. The lowest BCUT2D eigenvalue weighted by Gasteiger charge is -2.03. The van der Waals surface area contributed by atoms with Crippen LogP contribution in [-0.4, -0.2) is 27.9 Å². The monoisotopic (exact) mass is 316 g/mol. The number of benzene rings is 1. The summed E-state index contributed by atoms with van der Waals surface area (Å²) in [6, 6.07) is 8.47. The van der Waals surface area contributed by atoms with Crippen molar-refractivity contribution in [1.82, 2.24) is 10.2 Å². The van der Waals surface area contributed by atoms with Crippen LogP contribution in [0.5, 0.6) is 5.75 Å². The molecular formula is C18H24N2O3. The molecule has 2 rings (SSSR count). The highest BCUT2D eigenvalue weighted by Crippen LogP contribution is 2.27. The van der Waals surface area contributed by atoms with Gasteiger partial charge in [0, 0.05) is 5.56 Å². The molecule has 2 N–H and O–H groups in total. The molecule has 2 aromatic rings. The lowest BCUT2D eigenvalue weighted by atomic mass is 10.1. The van der Waals surface area contributed by atoms with Crippen molar-refractivity contribution in [3.8, 4) is 17.0 Å². The Bertz CT molecular complexity index is 622. The SMILES string of the molecule is CCCCCCCCOC(=O)c1cc(-c2ccccc2O)n[nH]1. The van der Waals surface area contributed by atoms with Crippen molar-refractivity contribution in [3.05, 3.63) is 36.0 Å². The van der Waals surface area contributed by atoms with Crippen molar-refractivity contribution >= 4 is 5.97 Å². The van der Waals surface area contributed by atoms with E-state index in [1.807, 2.05) is 0 Å². The van der Waals surface area contributed by atoms with Crippen LogP contribution in [0.25, 0.3) is 11.3 Å². The fraction of sp³-hybridized carbons (Fsp3) is 0.444. The first kappa shape index (κ1) is 17.1. The molecule has 0 aliphatic carbocycles. The van der Waals surface area contributed by atoms with Crippen LogP contribution in [0.3, 0.4) is 0 Å². The van der Waals surface area contributed by atoms with Crippen molar-refractivity contribution in [2.24, 2.45) is 0 Å². The van der Waals surface area contributed by atoms with Crippen LogP contribution in [0.1, 0.15) is 55.9 Å². The molecule has 0 aliphatic rings. The summed E-state index contributed by atoms with van der Waals surface area (Å²) in [6.45, 7) is 2.62. The molecule has 0 radical (unpaired) electrons. The van der Waals surface area contributed by atoms with E-state index in [2.05, 4.69) is 17.1 Å². The molecule has 0 amide bonds. The van der Waals surface area contributed by atoms with E-state index in [-0.39, 0.29) is 5.75 Å². The van der Waals surface area contributed by atoms with Gasteiger partial charge >= 0.3 is 5.97 Å². The van der Waals surface area contributed by atoms with E-state index in [0.717, 1.165) is 12.8 Å². The van der Waals surface area contributed by atoms with Crippen molar-refractivity contribution in [2.45, 2.75) is 45.4 Å². The number of aromatic amines is 1. The minimum absolute atomic E-state index is 0.131. The average molecular weight is 316 g/mol. The minimum Gasteiger partial charge on any atom is -0.507 e. The molecule has 1 heterocycles. The topological polar surface area (TPSA) is 75.2 Å². The largest absolute Gasteiger partial charge is 0.507 e. The summed E-state index contributed by atoms with van der Waals surface area (Å²) in [6.07, 6.45) is 6.90. The van der Waals surface area contributed by atoms with Crippen molar-refractivity contribution in [1.29, 1.82) is 0 Å². The van der Waals surface area contributed by atoms with Gasteiger partial charge in [-0.25, -0.2) is 4.79 Å². The van der Waals surface area contributed by atoms with Gasteiger partial charge in [-0.15, -0.1) is 0 Å². The van der Waals surface area contributed by atoms with Crippen LogP contribution in [0.4, 0.5) is 0 Å². The van der Waals surface area contributed by atoms with Gasteiger partial charge in [0.05, 0.1) is 12.3 Å². The molecule has 1 aromatic heterocycles. The number of hydrogen-bond acceptors (Lipinski definition) is 4. The predicted octanol–water partition coefficient (Wildman–Crippen LogP) is 4.30. The number of ether oxygens (including phenoxy) is 1. The maximum absolute atomic E-state index is 12.0. The van der Waals surface area contributed by atoms with Crippen LogP contribution >= 0.6 is 0 Å². The van der Waals surface area contributed by atoms with E-state index in [1.165, 1.54) is 25.7 Å². The third-order valence-corrected chi connectivity index (χ3v) is 3.71. The molecule has 23 heavy (non-hydrogen) atoms. The molecule has 0 atom stereocenters. The lowest BCUT2D eigenvalue weighted by Crippen LogP contribution is -2.06. The molecular weight excluding hydrogens is 292 g/mol. The predicted molar refractivity (Wildman–Crippen MR) is 89.3 cm³/mol. The number of nitrogens with one attached hydrogen (secondary N) is 1. The first-order valence-corrected chi connectivity index (χ1v) is 8.23. The lowest BCUT2D eigenvalue weighted by molar-refractivity contribution is 0.0490. The summed E-state index contributed by atoms with van der Waals surface area (Å²) in [7, 11) is 0. The molecule has 5 heteroatoms. The maximum atomic E-state index is 12.0. The Morgan fingerprint density at radius 2 is 1.91 bits per heavy atom. The fourth-order valence-electron chi connectivity index (χ4n) is 2.38. The number of rotatable bonds is 9. The third kappa shape index (κ3) is 5.13. The highest BCUT2D eigenvalue weighted by molar-refractivity contribution is 5.88. The number of carbonyl (C=O) groups excluding carboxylic acids is 1. The Kier molecular flexibility index (Phi) is 6.66. The van der Waals surface area contributed by atoms with Crippen molar-refractivity contribution in [3.63, 3.8) is 0 Å². The van der Waals surface area contributed by atoms with E-state index in [4.69, 9.17) is 4.74 Å². The quantitative estimate of drug-likeness (QED) is 0.534. The first-order valence-electron chi connectivity index (χ1n) is 8.23. The second kappa shape index (κ2) is 8.98. The number of phenolic OH excluding ortho intramolecular Hbond substituents is 1. The van der Waals surface area contributed by atoms with E-state index >= 15 is 0 Å². The normalized spacial score (nSPS) is 10.7. The number of H-pyrrole nitrogens is 1. The number of esters is 1. The highest BCUT2D eigenvalue weighted by atomic mass is 16.5. The molecule has 0 spiro atoms. The number of phenols is 1. The van der Waals surface area contributed by atoms with Gasteiger partial charge in [-0.05, 0) is 24.6 Å². The number of nitrogens with zero attached hydrogens (tertiary/aromatic N) is 1. The van der Waals surface area contributed by atoms with Gasteiger partial charge in [0.25, 0.3) is 0 Å². The van der Waals surface area contributed by atoms with E-state index in [1.54, 1.807) is 30.3 Å². The minimum atomic E-state index is -0.410. The molecule has 0 saturated heterocycles. The number of para-hydroxylation sites is 1. The number of aromatic hydroxyl groups is 1. The molecule has 0 fully saturated rings. The van der Waals surface area contributed by atoms with Gasteiger partial charge in [-0.3, -0.25) is 5.10 Å². The van der Waals surface area contributed by atoms with Gasteiger partial charge in [0.1, 0.15) is 11.4 Å². The van der Waals surface area contributed by atoms with Crippen LogP contribution < -0.4 is 0 Å². The summed E-state index contributed by atoms with van der Waals surface area (Å²) in [5, 5.41) is 16.5. The molecule has 0 unspecified atom stereocenters. The van der Waals surface area contributed by atoms with E-state index in [0.29, 0.717) is 23.6 Å². The van der Waals surface area contributed by atoms with Gasteiger partial charge in [0.2, 0.25) is 0 Å². The number of carbonyl (C=O) groups is 1. The maximum Gasteiger partial charge on any atom is 0.356 e. The average Bonchev–Trinajstić information content (AvgIpc) is 3.04. The number of unbranched alkanes of at least 4 members (excludes halogenated alkanes) is 5. The van der Waals surface area contributed by atoms with Crippen LogP contribution in [0, 0.1) is 0 Å². The van der Waals surface area contributed by atoms with Gasteiger partial charge in [0.15, 0.2) is 0 Å². The van der Waals surface area contributed by atoms with Crippen LogP contribution in [0.15, 0.2) is 30.3 Å². The van der Waals surface area contributed by atoms with Gasteiger partial charge < -0.3 is 9.84 Å². The second-order valence-electron chi connectivity index (χ2n) is 5.59. The van der Waals surface area contributed by atoms with Crippen LogP contribution in [-0.2, 0) is 4.74 Å². The number of hydrogen-bond donors (Lipinski definition) is 2. The Morgan fingerprint density at radius 1 is 1.17 bits per heavy atom. The molecule has 0 aliphatic heterocycles. The summed E-state index contributed by atoms with van der Waals surface area (Å²) in [4.78, 5) is 12.0. The van der Waals surface area contributed by atoms with Gasteiger partial charge in [-0.2, -0.15) is 5.10 Å². The number of aromatic nitrogens is 2. The second-order valence-corrected chi connectivity index (χ2v) is 5.59. The molecule has 5 nitrogen and oxygen atoms in total. The molecule has 1 aromatic carbocycles. The Labute approximate surface area is 136 Å². The van der Waals surface area contributed by atoms with E-state index in [9.17, 15) is 9.90 Å². The highest BCUT2D eigenvalue weighted by Gasteiger charge is 2.13. The van der Waals surface area contributed by atoms with Crippen molar-refractivity contribution in [2.75, 3.05) is 6.61 Å². The summed E-state index contributed by atoms with van der Waals surface area (Å²) >= 11 is 0. The third-order valence-electron chi connectivity index (χ3n) is 3.71. The first-order chi connectivity index (χ1) is 11.2. The molecule has 0 bridgehead atoms. The molecule has 0 saturated carbocycles. The Hall–Kier alpha value is -2.30. The zero-order chi connectivity index (χ0) is 16.5. The Morgan fingerprint density at radius 3 is 2.70 bits per heavy atom. The Balaban J connectivity index is 1.79. The van der Waals surface area contributed by atoms with Crippen molar-refractivity contribution < 1.29 is 14.6 Å².